The first-order valence-corrected chi connectivity index (χ1v) is 10.5. The number of anilines is 3. The number of morpholine rings is 1. The van der Waals surface area contributed by atoms with E-state index >= 15 is 0 Å². The number of hydrogen-bond donors (Lipinski definition) is 2. The van der Waals surface area contributed by atoms with E-state index in [2.05, 4.69) is 25.5 Å². The van der Waals surface area contributed by atoms with E-state index in [1.54, 1.807) is 0 Å². The number of para-hydroxylation sites is 1. The van der Waals surface area contributed by atoms with Gasteiger partial charge in [-0.1, -0.05) is 12.1 Å². The van der Waals surface area contributed by atoms with Crippen LogP contribution in [0.15, 0.2) is 42.7 Å². The van der Waals surface area contributed by atoms with Crippen LogP contribution in [0.4, 0.5) is 17.5 Å². The Morgan fingerprint density at radius 1 is 1.03 bits per heavy atom. The molecule has 1 aromatic carbocycles. The predicted octanol–water partition coefficient (Wildman–Crippen LogP) is 2.74. The molecule has 2 N–H and O–H groups in total. The zero-order valence-corrected chi connectivity index (χ0v) is 16.9. The monoisotopic (exact) mass is 406 g/mol. The molecular weight excluding hydrogens is 380 g/mol. The fourth-order valence-corrected chi connectivity index (χ4v) is 3.85. The Morgan fingerprint density at radius 3 is 2.70 bits per heavy atom. The molecule has 2 aliphatic heterocycles. The Kier molecular flexibility index (Phi) is 5.58. The quantitative estimate of drug-likeness (QED) is 0.669. The predicted molar refractivity (Wildman–Crippen MR) is 117 cm³/mol. The first-order valence-electron chi connectivity index (χ1n) is 10.5. The average Bonchev–Trinajstić information content (AvgIpc) is 2.81. The van der Waals surface area contributed by atoms with Crippen molar-refractivity contribution in [3.8, 4) is 5.75 Å². The summed E-state index contributed by atoms with van der Waals surface area (Å²) in [5, 5.41) is 7.60. The molecule has 2 aromatic heterocycles. The van der Waals surface area contributed by atoms with E-state index in [1.807, 2.05) is 42.7 Å². The van der Waals surface area contributed by atoms with Crippen LogP contribution in [-0.4, -0.2) is 60.4 Å². The fourth-order valence-electron chi connectivity index (χ4n) is 3.85. The highest BCUT2D eigenvalue weighted by Crippen LogP contribution is 2.27. The van der Waals surface area contributed by atoms with Crippen molar-refractivity contribution in [2.24, 2.45) is 0 Å². The Labute approximate surface area is 175 Å². The molecule has 156 valence electrons. The average molecular weight is 406 g/mol. The van der Waals surface area contributed by atoms with E-state index in [-0.39, 0.29) is 6.10 Å². The first kappa shape index (κ1) is 19.0. The molecule has 0 spiro atoms. The van der Waals surface area contributed by atoms with Crippen molar-refractivity contribution in [2.45, 2.75) is 18.9 Å². The first-order chi connectivity index (χ1) is 14.8. The van der Waals surface area contributed by atoms with Crippen LogP contribution in [0.1, 0.15) is 12.8 Å². The number of aromatic nitrogens is 3. The maximum Gasteiger partial charge on any atom is 0.227 e. The third-order valence-electron chi connectivity index (χ3n) is 5.49. The maximum atomic E-state index is 6.27. The Hall–Kier alpha value is -2.97. The summed E-state index contributed by atoms with van der Waals surface area (Å²) in [6, 6.07) is 10.00. The second kappa shape index (κ2) is 8.81. The second-order valence-electron chi connectivity index (χ2n) is 7.58. The van der Waals surface area contributed by atoms with Crippen LogP contribution >= 0.6 is 0 Å². The molecule has 3 aromatic rings. The molecule has 0 saturated carbocycles. The summed E-state index contributed by atoms with van der Waals surface area (Å²) in [5.74, 6) is 2.30. The summed E-state index contributed by atoms with van der Waals surface area (Å²) in [7, 11) is 0. The van der Waals surface area contributed by atoms with Gasteiger partial charge in [0.25, 0.3) is 0 Å². The molecular formula is C22H26N6O2. The lowest BCUT2D eigenvalue weighted by Gasteiger charge is -2.27. The molecule has 30 heavy (non-hydrogen) atoms. The van der Waals surface area contributed by atoms with Crippen LogP contribution in [0.2, 0.25) is 0 Å². The van der Waals surface area contributed by atoms with Gasteiger partial charge in [-0.25, -0.2) is 15.0 Å². The lowest BCUT2D eigenvalue weighted by molar-refractivity contribution is 0.122. The van der Waals surface area contributed by atoms with E-state index in [1.165, 1.54) is 0 Å². The Morgan fingerprint density at radius 2 is 1.90 bits per heavy atom. The van der Waals surface area contributed by atoms with Gasteiger partial charge in [0.15, 0.2) is 0 Å². The highest BCUT2D eigenvalue weighted by molar-refractivity contribution is 5.85. The zero-order chi connectivity index (χ0) is 20.2. The number of nitrogens with zero attached hydrogens (tertiary/aromatic N) is 4. The standard InChI is InChI=1S/C22H26N6O2/c1-2-16-14-25-22(27-21(16)19(3-1)30-18-6-8-23-9-7-18)26-17-4-5-20(24-15-17)28-10-12-29-13-11-28/h1-5,14-15,18,23H,6-13H2,(H,25,26,27). The van der Waals surface area contributed by atoms with Gasteiger partial charge < -0.3 is 25.0 Å². The van der Waals surface area contributed by atoms with Gasteiger partial charge in [-0.3, -0.25) is 0 Å². The molecule has 0 atom stereocenters. The minimum atomic E-state index is 0.222. The lowest BCUT2D eigenvalue weighted by Crippen LogP contribution is -2.36. The summed E-state index contributed by atoms with van der Waals surface area (Å²) in [4.78, 5) is 16.0. The Bertz CT molecular complexity index is 985. The maximum absolute atomic E-state index is 6.27. The van der Waals surface area contributed by atoms with Gasteiger partial charge in [0.05, 0.1) is 25.1 Å². The highest BCUT2D eigenvalue weighted by atomic mass is 16.5. The minimum absolute atomic E-state index is 0.222. The molecule has 5 rings (SSSR count). The lowest BCUT2D eigenvalue weighted by atomic mass is 10.1. The molecule has 8 nitrogen and oxygen atoms in total. The van der Waals surface area contributed by atoms with Crippen LogP contribution in [0, 0.1) is 0 Å². The van der Waals surface area contributed by atoms with E-state index in [4.69, 9.17) is 14.5 Å². The summed E-state index contributed by atoms with van der Waals surface area (Å²) >= 11 is 0. The van der Waals surface area contributed by atoms with Gasteiger partial charge in [-0.2, -0.15) is 0 Å². The third kappa shape index (κ3) is 4.29. The highest BCUT2D eigenvalue weighted by Gasteiger charge is 2.17. The fraction of sp³-hybridized carbons (Fsp3) is 0.409. The number of fused-ring (bicyclic) bond motifs is 1. The summed E-state index contributed by atoms with van der Waals surface area (Å²) < 4.78 is 11.7. The molecule has 2 fully saturated rings. The van der Waals surface area contributed by atoms with E-state index < -0.39 is 0 Å². The van der Waals surface area contributed by atoms with Gasteiger partial charge in [0.1, 0.15) is 23.2 Å². The SMILES string of the molecule is c1cc(OC2CCNCC2)c2nc(Nc3ccc(N4CCOCC4)nc3)ncc2c1. The topological polar surface area (TPSA) is 84.4 Å². The van der Waals surface area contributed by atoms with Gasteiger partial charge in [0.2, 0.25) is 5.95 Å². The van der Waals surface area contributed by atoms with Crippen molar-refractivity contribution in [1.82, 2.24) is 20.3 Å². The van der Waals surface area contributed by atoms with Gasteiger partial charge in [0, 0.05) is 24.7 Å². The van der Waals surface area contributed by atoms with Gasteiger partial charge in [-0.05, 0) is 44.1 Å². The van der Waals surface area contributed by atoms with Crippen LogP contribution in [0.3, 0.4) is 0 Å². The summed E-state index contributed by atoms with van der Waals surface area (Å²) in [6.07, 6.45) is 5.88. The van der Waals surface area contributed by atoms with Crippen molar-refractivity contribution < 1.29 is 9.47 Å². The number of rotatable bonds is 5. The van der Waals surface area contributed by atoms with E-state index in [0.717, 1.165) is 80.4 Å². The molecule has 2 saturated heterocycles. The van der Waals surface area contributed by atoms with E-state index in [0.29, 0.717) is 5.95 Å². The smallest absolute Gasteiger partial charge is 0.227 e. The molecule has 0 bridgehead atoms. The molecule has 0 aliphatic carbocycles. The number of ether oxygens (including phenoxy) is 2. The van der Waals surface area contributed by atoms with Crippen molar-refractivity contribution in [2.75, 3.05) is 49.6 Å². The number of benzene rings is 1. The van der Waals surface area contributed by atoms with Gasteiger partial charge in [-0.15, -0.1) is 0 Å². The van der Waals surface area contributed by atoms with Crippen molar-refractivity contribution >= 4 is 28.4 Å². The second-order valence-corrected chi connectivity index (χ2v) is 7.58. The molecule has 2 aliphatic rings. The molecule has 8 heteroatoms. The largest absolute Gasteiger partial charge is 0.488 e. The summed E-state index contributed by atoms with van der Waals surface area (Å²) in [5.41, 5.74) is 1.68. The third-order valence-corrected chi connectivity index (χ3v) is 5.49. The van der Waals surface area contributed by atoms with Gasteiger partial charge >= 0.3 is 0 Å². The van der Waals surface area contributed by atoms with Crippen LogP contribution in [0.25, 0.3) is 10.9 Å². The molecule has 4 heterocycles. The molecule has 0 unspecified atom stereocenters. The van der Waals surface area contributed by atoms with Crippen LogP contribution in [0.5, 0.6) is 5.75 Å². The molecule has 0 amide bonds. The van der Waals surface area contributed by atoms with Crippen LogP contribution in [-0.2, 0) is 4.74 Å². The van der Waals surface area contributed by atoms with Crippen LogP contribution < -0.4 is 20.3 Å². The Balaban J connectivity index is 1.33. The normalized spacial score (nSPS) is 17.8. The van der Waals surface area contributed by atoms with E-state index in [9.17, 15) is 0 Å². The van der Waals surface area contributed by atoms with Crippen molar-refractivity contribution in [3.63, 3.8) is 0 Å². The number of piperidine rings is 1. The minimum Gasteiger partial charge on any atom is -0.488 e. The summed E-state index contributed by atoms with van der Waals surface area (Å²) in [6.45, 7) is 5.21. The van der Waals surface area contributed by atoms with Crippen molar-refractivity contribution in [3.05, 3.63) is 42.7 Å². The molecule has 0 radical (unpaired) electrons. The number of nitrogens with one attached hydrogen (secondary N) is 2. The zero-order valence-electron chi connectivity index (χ0n) is 16.9. The number of pyridine rings is 1. The van der Waals surface area contributed by atoms with Crippen molar-refractivity contribution in [1.29, 1.82) is 0 Å². The number of hydrogen-bond acceptors (Lipinski definition) is 8.